The van der Waals surface area contributed by atoms with E-state index in [4.69, 9.17) is 0 Å². The predicted octanol–water partition coefficient (Wildman–Crippen LogP) is 2.00. The summed E-state index contributed by atoms with van der Waals surface area (Å²) >= 11 is 0. The molecule has 1 aliphatic heterocycles. The number of rotatable bonds is 5. The van der Waals surface area contributed by atoms with Crippen molar-refractivity contribution >= 4 is 5.91 Å². The van der Waals surface area contributed by atoms with Crippen LogP contribution in [0.1, 0.15) is 38.7 Å². The van der Waals surface area contributed by atoms with Crippen molar-refractivity contribution in [2.75, 3.05) is 13.1 Å². The third-order valence-corrected chi connectivity index (χ3v) is 3.83. The summed E-state index contributed by atoms with van der Waals surface area (Å²) in [7, 11) is 0. The number of nitrogens with one attached hydrogen (secondary N) is 1. The van der Waals surface area contributed by atoms with E-state index in [9.17, 15) is 4.79 Å². The summed E-state index contributed by atoms with van der Waals surface area (Å²) in [6, 6.07) is 2.73. The Labute approximate surface area is 115 Å². The van der Waals surface area contributed by atoms with E-state index in [-0.39, 0.29) is 5.91 Å². The lowest BCUT2D eigenvalue weighted by Crippen LogP contribution is -2.43. The van der Waals surface area contributed by atoms with Gasteiger partial charge in [0.25, 0.3) is 0 Å². The molecule has 4 nitrogen and oxygen atoms in total. The molecular weight excluding hydrogens is 238 g/mol. The van der Waals surface area contributed by atoms with Gasteiger partial charge in [-0.3, -0.25) is 4.79 Å². The SMILES string of the molecule is CCCn1ccc(CNC2CCN(C(C)=O)CC2)c1. The monoisotopic (exact) mass is 263 g/mol. The van der Waals surface area contributed by atoms with E-state index in [2.05, 4.69) is 35.3 Å². The normalized spacial score (nSPS) is 16.8. The number of carbonyl (C=O) groups excluding carboxylic acids is 1. The lowest BCUT2D eigenvalue weighted by Gasteiger charge is -2.31. The Morgan fingerprint density at radius 2 is 2.16 bits per heavy atom. The van der Waals surface area contributed by atoms with Gasteiger partial charge in [-0.05, 0) is 30.9 Å². The van der Waals surface area contributed by atoms with E-state index in [0.29, 0.717) is 6.04 Å². The molecule has 1 aromatic heterocycles. The molecule has 0 unspecified atom stereocenters. The fourth-order valence-electron chi connectivity index (χ4n) is 2.65. The molecule has 0 aliphatic carbocycles. The summed E-state index contributed by atoms with van der Waals surface area (Å²) in [6.45, 7) is 7.66. The molecular formula is C15H25N3O. The molecule has 1 amide bonds. The van der Waals surface area contributed by atoms with Crippen LogP contribution < -0.4 is 5.32 Å². The van der Waals surface area contributed by atoms with Gasteiger partial charge in [-0.15, -0.1) is 0 Å². The van der Waals surface area contributed by atoms with Gasteiger partial charge in [0.2, 0.25) is 5.91 Å². The number of piperidine rings is 1. The molecule has 1 N–H and O–H groups in total. The largest absolute Gasteiger partial charge is 0.354 e. The molecule has 0 saturated carbocycles. The average molecular weight is 263 g/mol. The number of hydrogen-bond acceptors (Lipinski definition) is 2. The minimum absolute atomic E-state index is 0.204. The van der Waals surface area contributed by atoms with Gasteiger partial charge < -0.3 is 14.8 Å². The van der Waals surface area contributed by atoms with Crippen LogP contribution in [0.15, 0.2) is 18.5 Å². The van der Waals surface area contributed by atoms with Crippen LogP contribution in [0.25, 0.3) is 0 Å². The summed E-state index contributed by atoms with van der Waals surface area (Å²) in [5.41, 5.74) is 1.35. The maximum atomic E-state index is 11.3. The van der Waals surface area contributed by atoms with Crippen LogP contribution in [-0.4, -0.2) is 34.5 Å². The molecule has 0 spiro atoms. The minimum Gasteiger partial charge on any atom is -0.354 e. The van der Waals surface area contributed by atoms with Crippen LogP contribution in [0.4, 0.5) is 0 Å². The van der Waals surface area contributed by atoms with Crippen LogP contribution in [0.2, 0.25) is 0 Å². The van der Waals surface area contributed by atoms with Crippen LogP contribution >= 0.6 is 0 Å². The summed E-state index contributed by atoms with van der Waals surface area (Å²) in [6.07, 6.45) is 7.68. The summed E-state index contributed by atoms with van der Waals surface area (Å²) in [5.74, 6) is 0.204. The van der Waals surface area contributed by atoms with Crippen LogP contribution in [-0.2, 0) is 17.9 Å². The molecule has 2 rings (SSSR count). The Hall–Kier alpha value is -1.29. The molecule has 2 heterocycles. The van der Waals surface area contributed by atoms with Crippen molar-refractivity contribution < 1.29 is 4.79 Å². The molecule has 0 radical (unpaired) electrons. The first kappa shape index (κ1) is 14.1. The van der Waals surface area contributed by atoms with Crippen molar-refractivity contribution in [3.8, 4) is 0 Å². The zero-order valence-electron chi connectivity index (χ0n) is 12.1. The van der Waals surface area contributed by atoms with E-state index >= 15 is 0 Å². The van der Waals surface area contributed by atoms with E-state index in [1.165, 1.54) is 12.0 Å². The molecule has 1 saturated heterocycles. The number of likely N-dealkylation sites (tertiary alicyclic amines) is 1. The van der Waals surface area contributed by atoms with Gasteiger partial charge in [0.05, 0.1) is 0 Å². The minimum atomic E-state index is 0.204. The first-order valence-electron chi connectivity index (χ1n) is 7.32. The van der Waals surface area contributed by atoms with E-state index < -0.39 is 0 Å². The second-order valence-electron chi connectivity index (χ2n) is 5.42. The highest BCUT2D eigenvalue weighted by molar-refractivity contribution is 5.73. The van der Waals surface area contributed by atoms with E-state index in [1.54, 1.807) is 6.92 Å². The van der Waals surface area contributed by atoms with Gasteiger partial charge in [-0.1, -0.05) is 6.92 Å². The second-order valence-corrected chi connectivity index (χ2v) is 5.42. The number of aryl methyl sites for hydroxylation is 1. The maximum absolute atomic E-state index is 11.3. The van der Waals surface area contributed by atoms with Crippen LogP contribution in [0.3, 0.4) is 0 Å². The second kappa shape index (κ2) is 6.75. The van der Waals surface area contributed by atoms with Gasteiger partial charge in [0.15, 0.2) is 0 Å². The molecule has 1 aliphatic rings. The van der Waals surface area contributed by atoms with Gasteiger partial charge in [0.1, 0.15) is 0 Å². The maximum Gasteiger partial charge on any atom is 0.219 e. The molecule has 19 heavy (non-hydrogen) atoms. The Kier molecular flexibility index (Phi) is 5.02. The first-order chi connectivity index (χ1) is 9.19. The highest BCUT2D eigenvalue weighted by Crippen LogP contribution is 2.11. The molecule has 0 atom stereocenters. The predicted molar refractivity (Wildman–Crippen MR) is 76.8 cm³/mol. The van der Waals surface area contributed by atoms with Gasteiger partial charge in [0, 0.05) is 51.5 Å². The third kappa shape index (κ3) is 4.10. The smallest absolute Gasteiger partial charge is 0.219 e. The topological polar surface area (TPSA) is 37.3 Å². The third-order valence-electron chi connectivity index (χ3n) is 3.83. The van der Waals surface area contributed by atoms with Crippen molar-refractivity contribution in [2.45, 2.75) is 52.2 Å². The molecule has 4 heteroatoms. The highest BCUT2D eigenvalue weighted by Gasteiger charge is 2.19. The summed E-state index contributed by atoms with van der Waals surface area (Å²) in [4.78, 5) is 13.2. The van der Waals surface area contributed by atoms with E-state index in [1.807, 2.05) is 4.90 Å². The Morgan fingerprint density at radius 1 is 1.42 bits per heavy atom. The number of hydrogen-bond donors (Lipinski definition) is 1. The fraction of sp³-hybridized carbons (Fsp3) is 0.667. The quantitative estimate of drug-likeness (QED) is 0.882. The van der Waals surface area contributed by atoms with Crippen molar-refractivity contribution in [1.82, 2.24) is 14.8 Å². The van der Waals surface area contributed by atoms with Crippen molar-refractivity contribution in [3.63, 3.8) is 0 Å². The van der Waals surface area contributed by atoms with Gasteiger partial charge in [-0.2, -0.15) is 0 Å². The lowest BCUT2D eigenvalue weighted by molar-refractivity contribution is -0.129. The van der Waals surface area contributed by atoms with Crippen LogP contribution in [0.5, 0.6) is 0 Å². The van der Waals surface area contributed by atoms with Gasteiger partial charge in [-0.25, -0.2) is 0 Å². The van der Waals surface area contributed by atoms with Crippen molar-refractivity contribution in [2.24, 2.45) is 0 Å². The molecule has 0 aromatic carbocycles. The fourth-order valence-corrected chi connectivity index (χ4v) is 2.65. The lowest BCUT2D eigenvalue weighted by atomic mass is 10.0. The standard InChI is InChI=1S/C15H25N3O/c1-3-7-17-8-4-14(12-17)11-16-15-5-9-18(10-6-15)13(2)19/h4,8,12,15-16H,3,5-7,9-11H2,1-2H3. The first-order valence-corrected chi connectivity index (χ1v) is 7.32. The van der Waals surface area contributed by atoms with E-state index in [0.717, 1.165) is 39.0 Å². The Balaban J connectivity index is 1.72. The number of amides is 1. The molecule has 1 fully saturated rings. The number of nitrogens with zero attached hydrogens (tertiary/aromatic N) is 2. The zero-order valence-corrected chi connectivity index (χ0v) is 12.1. The average Bonchev–Trinajstić information content (AvgIpc) is 2.85. The van der Waals surface area contributed by atoms with Crippen LogP contribution in [0, 0.1) is 0 Å². The highest BCUT2D eigenvalue weighted by atomic mass is 16.2. The molecule has 1 aromatic rings. The number of aromatic nitrogens is 1. The van der Waals surface area contributed by atoms with Gasteiger partial charge >= 0.3 is 0 Å². The van der Waals surface area contributed by atoms with Crippen molar-refractivity contribution in [3.05, 3.63) is 24.0 Å². The number of carbonyl (C=O) groups is 1. The van der Waals surface area contributed by atoms with Crippen molar-refractivity contribution in [1.29, 1.82) is 0 Å². The Morgan fingerprint density at radius 3 is 2.79 bits per heavy atom. The summed E-state index contributed by atoms with van der Waals surface area (Å²) in [5, 5.41) is 3.60. The molecule has 106 valence electrons. The summed E-state index contributed by atoms with van der Waals surface area (Å²) < 4.78 is 2.25. The zero-order chi connectivity index (χ0) is 13.7. The molecule has 0 bridgehead atoms. The Bertz CT molecular complexity index is 405.